The number of benzene rings is 2. The number of nitrogen functional groups attached to an aromatic ring is 1. The number of nitrogens with two attached hydrogens (primary N) is 1. The number of carbonyl (C=O) groups is 1. The average Bonchev–Trinajstić information content (AvgIpc) is 2.76. The van der Waals surface area contributed by atoms with Crippen LogP contribution in [0.4, 0.5) is 5.69 Å². The van der Waals surface area contributed by atoms with E-state index in [1.807, 2.05) is 43.4 Å². The van der Waals surface area contributed by atoms with Crippen molar-refractivity contribution in [2.24, 2.45) is 7.05 Å². The number of hydrogen-bond donors (Lipinski definition) is 1. The smallest absolute Gasteiger partial charge is 0.170 e. The Hall–Kier alpha value is -2.62. The highest BCUT2D eigenvalue weighted by Crippen LogP contribution is 2.20. The molecule has 0 saturated carbocycles. The van der Waals surface area contributed by atoms with Crippen LogP contribution in [-0.4, -0.2) is 15.6 Å². The Morgan fingerprint density at radius 3 is 2.65 bits per heavy atom. The van der Waals surface area contributed by atoms with E-state index in [0.717, 1.165) is 16.6 Å². The summed E-state index contributed by atoms with van der Waals surface area (Å²) in [4.78, 5) is 12.4. The molecular formula is C16H15N3O. The number of carbonyl (C=O) groups excluding carboxylic acids is 1. The summed E-state index contributed by atoms with van der Waals surface area (Å²) < 4.78 is 1.80. The molecule has 0 amide bonds. The van der Waals surface area contributed by atoms with Crippen LogP contribution in [0.2, 0.25) is 0 Å². The number of Topliss-reactive ketones (excluding diaryl/α,β-unsaturated/α-hetero) is 1. The van der Waals surface area contributed by atoms with Gasteiger partial charge in [0.25, 0.3) is 0 Å². The fourth-order valence-electron chi connectivity index (χ4n) is 2.42. The maximum atomic E-state index is 12.4. The maximum absolute atomic E-state index is 12.4. The second-order valence-electron chi connectivity index (χ2n) is 4.77. The summed E-state index contributed by atoms with van der Waals surface area (Å²) in [6.45, 7) is 0. The molecule has 2 aromatic carbocycles. The van der Waals surface area contributed by atoms with E-state index in [9.17, 15) is 4.79 Å². The topological polar surface area (TPSA) is 60.9 Å². The SMILES string of the molecule is Cn1nc(CC(=O)c2ccccc2N)c2ccccc21. The number of aromatic nitrogens is 2. The van der Waals surface area contributed by atoms with Gasteiger partial charge in [0, 0.05) is 23.7 Å². The van der Waals surface area contributed by atoms with Crippen molar-refractivity contribution in [1.29, 1.82) is 0 Å². The Balaban J connectivity index is 1.98. The van der Waals surface area contributed by atoms with Crippen LogP contribution in [0.5, 0.6) is 0 Å². The van der Waals surface area contributed by atoms with Gasteiger partial charge >= 0.3 is 0 Å². The second kappa shape index (κ2) is 4.81. The molecule has 3 aromatic rings. The third kappa shape index (κ3) is 2.05. The highest BCUT2D eigenvalue weighted by molar-refractivity contribution is 6.03. The molecule has 1 heterocycles. The summed E-state index contributed by atoms with van der Waals surface area (Å²) >= 11 is 0. The van der Waals surface area contributed by atoms with E-state index < -0.39 is 0 Å². The third-order valence-corrected chi connectivity index (χ3v) is 3.42. The lowest BCUT2D eigenvalue weighted by Crippen LogP contribution is -2.07. The minimum atomic E-state index is -0.00745. The minimum Gasteiger partial charge on any atom is -0.398 e. The molecule has 3 rings (SSSR count). The van der Waals surface area contributed by atoms with Gasteiger partial charge in [-0.05, 0) is 18.2 Å². The first-order chi connectivity index (χ1) is 9.66. The Morgan fingerprint density at radius 1 is 1.15 bits per heavy atom. The molecule has 0 aliphatic carbocycles. The molecule has 1 aromatic heterocycles. The van der Waals surface area contributed by atoms with E-state index in [0.29, 0.717) is 11.3 Å². The van der Waals surface area contributed by atoms with Crippen LogP contribution < -0.4 is 5.73 Å². The predicted molar refractivity (Wildman–Crippen MR) is 79.6 cm³/mol. The largest absolute Gasteiger partial charge is 0.398 e. The zero-order chi connectivity index (χ0) is 14.1. The van der Waals surface area contributed by atoms with Gasteiger partial charge in [-0.2, -0.15) is 5.10 Å². The highest BCUT2D eigenvalue weighted by Gasteiger charge is 2.15. The van der Waals surface area contributed by atoms with Gasteiger partial charge in [0.05, 0.1) is 17.6 Å². The molecule has 0 radical (unpaired) electrons. The van der Waals surface area contributed by atoms with E-state index in [1.54, 1.807) is 16.8 Å². The Bertz CT molecular complexity index is 789. The molecule has 0 saturated heterocycles. The van der Waals surface area contributed by atoms with Crippen LogP contribution in [-0.2, 0) is 13.5 Å². The number of hydrogen-bond acceptors (Lipinski definition) is 3. The van der Waals surface area contributed by atoms with Crippen LogP contribution in [0.1, 0.15) is 16.1 Å². The van der Waals surface area contributed by atoms with Gasteiger partial charge in [-0.3, -0.25) is 9.48 Å². The number of nitrogens with zero attached hydrogens (tertiary/aromatic N) is 2. The Kier molecular flexibility index (Phi) is 2.99. The first-order valence-electron chi connectivity index (χ1n) is 6.45. The summed E-state index contributed by atoms with van der Waals surface area (Å²) in [5.74, 6) is -0.00745. The van der Waals surface area contributed by atoms with Gasteiger partial charge in [0.15, 0.2) is 5.78 Å². The van der Waals surface area contributed by atoms with Crippen molar-refractivity contribution in [3.05, 3.63) is 59.8 Å². The maximum Gasteiger partial charge on any atom is 0.170 e. The summed E-state index contributed by atoms with van der Waals surface area (Å²) in [7, 11) is 1.88. The third-order valence-electron chi connectivity index (χ3n) is 3.42. The quantitative estimate of drug-likeness (QED) is 0.585. The summed E-state index contributed by atoms with van der Waals surface area (Å²) in [5.41, 5.74) is 8.73. The molecule has 0 fully saturated rings. The molecule has 4 heteroatoms. The summed E-state index contributed by atoms with van der Waals surface area (Å²) in [6.07, 6.45) is 0.259. The minimum absolute atomic E-state index is 0.00745. The van der Waals surface area contributed by atoms with Crippen LogP contribution in [0.3, 0.4) is 0 Å². The van der Waals surface area contributed by atoms with Gasteiger partial charge in [0.2, 0.25) is 0 Å². The second-order valence-corrected chi connectivity index (χ2v) is 4.77. The van der Waals surface area contributed by atoms with E-state index in [1.165, 1.54) is 0 Å². The molecule has 20 heavy (non-hydrogen) atoms. The molecular weight excluding hydrogens is 250 g/mol. The number of fused-ring (bicyclic) bond motifs is 1. The lowest BCUT2D eigenvalue weighted by atomic mass is 10.0. The number of ketones is 1. The molecule has 2 N–H and O–H groups in total. The van der Waals surface area contributed by atoms with Crippen LogP contribution in [0, 0.1) is 0 Å². The number of para-hydroxylation sites is 2. The van der Waals surface area contributed by atoms with Crippen molar-refractivity contribution in [3.8, 4) is 0 Å². The van der Waals surface area contributed by atoms with Gasteiger partial charge in [-0.25, -0.2) is 0 Å². The van der Waals surface area contributed by atoms with Gasteiger partial charge in [-0.15, -0.1) is 0 Å². The van der Waals surface area contributed by atoms with E-state index in [2.05, 4.69) is 5.10 Å². The van der Waals surface area contributed by atoms with Crippen LogP contribution >= 0.6 is 0 Å². The van der Waals surface area contributed by atoms with Gasteiger partial charge < -0.3 is 5.73 Å². The number of rotatable bonds is 3. The lowest BCUT2D eigenvalue weighted by molar-refractivity contribution is 0.0993. The van der Waals surface area contributed by atoms with Crippen molar-refractivity contribution in [2.75, 3.05) is 5.73 Å². The van der Waals surface area contributed by atoms with E-state index in [-0.39, 0.29) is 12.2 Å². The molecule has 100 valence electrons. The average molecular weight is 265 g/mol. The fourth-order valence-corrected chi connectivity index (χ4v) is 2.42. The molecule has 0 unspecified atom stereocenters. The number of aryl methyl sites for hydroxylation is 1. The molecule has 4 nitrogen and oxygen atoms in total. The van der Waals surface area contributed by atoms with Gasteiger partial charge in [-0.1, -0.05) is 30.3 Å². The fraction of sp³-hybridized carbons (Fsp3) is 0.125. The molecule has 0 bridgehead atoms. The van der Waals surface area contributed by atoms with Crippen molar-refractivity contribution in [1.82, 2.24) is 9.78 Å². The standard InChI is InChI=1S/C16H15N3O/c1-19-15-9-5-3-7-12(15)14(18-19)10-16(20)11-6-2-4-8-13(11)17/h2-9H,10,17H2,1H3. The van der Waals surface area contributed by atoms with Crippen LogP contribution in [0.15, 0.2) is 48.5 Å². The molecule has 0 aliphatic heterocycles. The summed E-state index contributed by atoms with van der Waals surface area (Å²) in [6, 6.07) is 15.0. The predicted octanol–water partition coefficient (Wildman–Crippen LogP) is 2.58. The summed E-state index contributed by atoms with van der Waals surface area (Å²) in [5, 5.41) is 5.45. The highest BCUT2D eigenvalue weighted by atomic mass is 16.1. The van der Waals surface area contributed by atoms with Crippen molar-refractivity contribution in [3.63, 3.8) is 0 Å². The van der Waals surface area contributed by atoms with Crippen molar-refractivity contribution in [2.45, 2.75) is 6.42 Å². The van der Waals surface area contributed by atoms with Crippen molar-refractivity contribution < 1.29 is 4.79 Å². The lowest BCUT2D eigenvalue weighted by Gasteiger charge is -2.03. The molecule has 0 aliphatic rings. The van der Waals surface area contributed by atoms with E-state index in [4.69, 9.17) is 5.73 Å². The van der Waals surface area contributed by atoms with Gasteiger partial charge in [0.1, 0.15) is 0 Å². The van der Waals surface area contributed by atoms with Crippen molar-refractivity contribution >= 4 is 22.4 Å². The zero-order valence-corrected chi connectivity index (χ0v) is 11.2. The monoisotopic (exact) mass is 265 g/mol. The first-order valence-corrected chi connectivity index (χ1v) is 6.45. The molecule has 0 spiro atoms. The van der Waals surface area contributed by atoms with Crippen LogP contribution in [0.25, 0.3) is 10.9 Å². The zero-order valence-electron chi connectivity index (χ0n) is 11.2. The Morgan fingerprint density at radius 2 is 1.85 bits per heavy atom. The molecule has 0 atom stereocenters. The Labute approximate surface area is 116 Å². The first kappa shape index (κ1) is 12.4. The van der Waals surface area contributed by atoms with E-state index >= 15 is 0 Å². The number of anilines is 1. The normalized spacial score (nSPS) is 10.8.